The molecule has 0 aliphatic carbocycles. The first-order valence-electron chi connectivity index (χ1n) is 5.02. The van der Waals surface area contributed by atoms with E-state index in [1.807, 2.05) is 0 Å². The first-order chi connectivity index (χ1) is 6.84. The zero-order valence-corrected chi connectivity index (χ0v) is 8.25. The highest BCUT2D eigenvalue weighted by Gasteiger charge is 2.11. The Kier molecular flexibility index (Phi) is 4.99. The minimum atomic E-state index is -0.166. The number of nitrogens with zero attached hydrogens (tertiary/aromatic N) is 1. The van der Waals surface area contributed by atoms with Gasteiger partial charge in [-0.25, -0.2) is 0 Å². The molecule has 0 fully saturated rings. The summed E-state index contributed by atoms with van der Waals surface area (Å²) in [6.07, 6.45) is 2.66. The molecule has 5 nitrogen and oxygen atoms in total. The molecule has 0 unspecified atom stereocenters. The van der Waals surface area contributed by atoms with Crippen molar-refractivity contribution >= 4 is 11.7 Å². The molecule has 0 radical (unpaired) electrons. The Morgan fingerprint density at radius 2 is 2.43 bits per heavy atom. The van der Waals surface area contributed by atoms with Crippen LogP contribution >= 0.6 is 0 Å². The Morgan fingerprint density at radius 1 is 1.57 bits per heavy atom. The maximum Gasteiger partial charge on any atom is 0.286 e. The third kappa shape index (κ3) is 3.74. The number of carbonyl (C=O) groups is 1. The molecule has 14 heavy (non-hydrogen) atoms. The maximum atomic E-state index is 11.4. The molecule has 0 saturated heterocycles. The van der Waals surface area contributed by atoms with E-state index in [1.165, 1.54) is 0 Å². The second-order valence-electron chi connectivity index (χ2n) is 3.20. The molecule has 0 atom stereocenters. The van der Waals surface area contributed by atoms with Gasteiger partial charge in [-0.2, -0.15) is 0 Å². The highest BCUT2D eigenvalue weighted by Crippen LogP contribution is 1.93. The van der Waals surface area contributed by atoms with Gasteiger partial charge in [-0.15, -0.1) is 0 Å². The summed E-state index contributed by atoms with van der Waals surface area (Å²) < 4.78 is 0. The zero-order chi connectivity index (χ0) is 10.2. The van der Waals surface area contributed by atoms with Gasteiger partial charge in [-0.3, -0.25) is 9.79 Å². The number of hydrogen-bond acceptors (Lipinski definition) is 4. The van der Waals surface area contributed by atoms with Crippen LogP contribution in [0.5, 0.6) is 0 Å². The van der Waals surface area contributed by atoms with Crippen LogP contribution in [-0.2, 0) is 4.79 Å². The number of rotatable bonds is 4. The minimum absolute atomic E-state index is 0.0974. The van der Waals surface area contributed by atoms with Crippen molar-refractivity contribution in [3.63, 3.8) is 0 Å². The number of amides is 1. The number of nitrogens with one attached hydrogen (secondary N) is 2. The van der Waals surface area contributed by atoms with E-state index >= 15 is 0 Å². The van der Waals surface area contributed by atoms with Crippen molar-refractivity contribution in [3.05, 3.63) is 0 Å². The highest BCUT2D eigenvalue weighted by atomic mass is 16.3. The molecule has 1 aliphatic heterocycles. The van der Waals surface area contributed by atoms with Crippen LogP contribution in [0.1, 0.15) is 19.3 Å². The summed E-state index contributed by atoms with van der Waals surface area (Å²) >= 11 is 0. The second-order valence-corrected chi connectivity index (χ2v) is 3.20. The number of carbonyl (C=O) groups excluding carboxylic acids is 1. The van der Waals surface area contributed by atoms with E-state index in [9.17, 15) is 4.79 Å². The van der Waals surface area contributed by atoms with Crippen LogP contribution in [0.25, 0.3) is 0 Å². The average Bonchev–Trinajstić information content (AvgIpc) is 2.46. The van der Waals surface area contributed by atoms with Gasteiger partial charge in [0.1, 0.15) is 0 Å². The van der Waals surface area contributed by atoms with Crippen molar-refractivity contribution in [1.29, 1.82) is 0 Å². The Balaban J connectivity index is 2.30. The summed E-state index contributed by atoms with van der Waals surface area (Å²) in [6, 6.07) is 0. The van der Waals surface area contributed by atoms with E-state index < -0.39 is 0 Å². The number of hydrogen-bond donors (Lipinski definition) is 3. The molecule has 3 N–H and O–H groups in total. The van der Waals surface area contributed by atoms with E-state index in [0.29, 0.717) is 18.8 Å². The molecule has 0 aromatic rings. The third-order valence-electron chi connectivity index (χ3n) is 1.98. The molecule has 0 spiro atoms. The minimum Gasteiger partial charge on any atom is -0.396 e. The molecule has 1 rings (SSSR count). The molecule has 0 aromatic carbocycles. The lowest BCUT2D eigenvalue weighted by atomic mass is 10.3. The average molecular weight is 199 g/mol. The van der Waals surface area contributed by atoms with Gasteiger partial charge in [0.25, 0.3) is 5.91 Å². The molecule has 1 aliphatic rings. The van der Waals surface area contributed by atoms with Crippen LogP contribution in [0, 0.1) is 0 Å². The Bertz CT molecular complexity index is 216. The Morgan fingerprint density at radius 3 is 3.21 bits per heavy atom. The van der Waals surface area contributed by atoms with Gasteiger partial charge in [-0.1, -0.05) is 0 Å². The smallest absolute Gasteiger partial charge is 0.286 e. The van der Waals surface area contributed by atoms with E-state index in [-0.39, 0.29) is 12.5 Å². The van der Waals surface area contributed by atoms with E-state index in [0.717, 1.165) is 25.9 Å². The van der Waals surface area contributed by atoms with Gasteiger partial charge >= 0.3 is 0 Å². The van der Waals surface area contributed by atoms with Crippen LogP contribution in [-0.4, -0.2) is 43.1 Å². The van der Waals surface area contributed by atoms with Gasteiger partial charge in [0.05, 0.1) is 0 Å². The fourth-order valence-corrected chi connectivity index (χ4v) is 1.21. The standard InChI is InChI=1S/C9H17N3O2/c13-7-3-6-12-9(14)8-10-4-1-2-5-11-8/h13H,1-7H2,(H,10,11)(H,12,14). The largest absolute Gasteiger partial charge is 0.396 e. The molecular weight excluding hydrogens is 182 g/mol. The predicted octanol–water partition coefficient (Wildman–Crippen LogP) is -0.733. The zero-order valence-electron chi connectivity index (χ0n) is 8.25. The summed E-state index contributed by atoms with van der Waals surface area (Å²) in [5.74, 6) is 0.265. The van der Waals surface area contributed by atoms with Crippen molar-refractivity contribution in [2.45, 2.75) is 19.3 Å². The summed E-state index contributed by atoms with van der Waals surface area (Å²) in [6.45, 7) is 2.12. The van der Waals surface area contributed by atoms with Gasteiger partial charge in [0.15, 0.2) is 5.84 Å². The van der Waals surface area contributed by atoms with Crippen molar-refractivity contribution in [2.75, 3.05) is 26.2 Å². The Hall–Kier alpha value is -1.10. The van der Waals surface area contributed by atoms with Gasteiger partial charge in [0.2, 0.25) is 0 Å². The van der Waals surface area contributed by atoms with Crippen LogP contribution in [0.2, 0.25) is 0 Å². The maximum absolute atomic E-state index is 11.4. The van der Waals surface area contributed by atoms with Crippen molar-refractivity contribution < 1.29 is 9.90 Å². The summed E-state index contributed by atoms with van der Waals surface area (Å²) in [5, 5.41) is 14.2. The Labute approximate surface area is 83.6 Å². The number of aliphatic hydroxyl groups is 1. The molecule has 0 saturated carbocycles. The molecule has 1 amide bonds. The highest BCUT2D eigenvalue weighted by molar-refractivity contribution is 6.37. The number of aliphatic hydroxyl groups excluding tert-OH is 1. The van der Waals surface area contributed by atoms with Crippen LogP contribution in [0.15, 0.2) is 4.99 Å². The van der Waals surface area contributed by atoms with Crippen LogP contribution < -0.4 is 10.6 Å². The van der Waals surface area contributed by atoms with Crippen molar-refractivity contribution in [3.8, 4) is 0 Å². The third-order valence-corrected chi connectivity index (χ3v) is 1.98. The lowest BCUT2D eigenvalue weighted by Crippen LogP contribution is -2.40. The fourth-order valence-electron chi connectivity index (χ4n) is 1.21. The number of aliphatic imine (C=N–C) groups is 1. The lowest BCUT2D eigenvalue weighted by Gasteiger charge is -2.07. The van der Waals surface area contributed by atoms with E-state index in [2.05, 4.69) is 15.6 Å². The quantitative estimate of drug-likeness (QED) is 0.522. The van der Waals surface area contributed by atoms with Gasteiger partial charge in [-0.05, 0) is 19.3 Å². The van der Waals surface area contributed by atoms with Crippen LogP contribution in [0.3, 0.4) is 0 Å². The molecule has 5 heteroatoms. The molecule has 0 aromatic heterocycles. The van der Waals surface area contributed by atoms with E-state index in [1.54, 1.807) is 0 Å². The van der Waals surface area contributed by atoms with E-state index in [4.69, 9.17) is 5.11 Å². The van der Waals surface area contributed by atoms with Crippen molar-refractivity contribution in [1.82, 2.24) is 10.6 Å². The topological polar surface area (TPSA) is 73.7 Å². The normalized spacial score (nSPS) is 16.5. The summed E-state index contributed by atoms with van der Waals surface area (Å²) in [5.41, 5.74) is 0. The predicted molar refractivity (Wildman–Crippen MR) is 54.3 cm³/mol. The molecule has 0 bridgehead atoms. The van der Waals surface area contributed by atoms with Gasteiger partial charge < -0.3 is 15.7 Å². The lowest BCUT2D eigenvalue weighted by molar-refractivity contribution is -0.115. The van der Waals surface area contributed by atoms with Gasteiger partial charge in [0, 0.05) is 26.2 Å². The van der Waals surface area contributed by atoms with Crippen LogP contribution in [0.4, 0.5) is 0 Å². The summed E-state index contributed by atoms with van der Waals surface area (Å²) in [7, 11) is 0. The van der Waals surface area contributed by atoms with Crippen molar-refractivity contribution in [2.24, 2.45) is 4.99 Å². The second kappa shape index (κ2) is 6.37. The first-order valence-corrected chi connectivity index (χ1v) is 5.02. The first kappa shape index (κ1) is 11.0. The molecule has 1 heterocycles. The molecule has 80 valence electrons. The SMILES string of the molecule is O=C(NCCCO)C1=NCCCCN1. The monoisotopic (exact) mass is 199 g/mol. The molecular formula is C9H17N3O2. The summed E-state index contributed by atoms with van der Waals surface area (Å²) in [4.78, 5) is 15.6. The fraction of sp³-hybridized carbons (Fsp3) is 0.778. The number of amidine groups is 1.